The molecule has 0 aromatic heterocycles. The average molecular weight is 240 g/mol. The van der Waals surface area contributed by atoms with Gasteiger partial charge in [-0.3, -0.25) is 4.79 Å². The fourth-order valence-corrected chi connectivity index (χ4v) is 2.75. The van der Waals surface area contributed by atoms with E-state index in [1.54, 1.807) is 0 Å². The average Bonchev–Trinajstić information content (AvgIpc) is 2.52. The summed E-state index contributed by atoms with van der Waals surface area (Å²) >= 11 is 0. The number of hydrogen-bond donors (Lipinski definition) is 1. The van der Waals surface area contributed by atoms with Crippen LogP contribution in [0.15, 0.2) is 0 Å². The van der Waals surface area contributed by atoms with Gasteiger partial charge in [-0.15, -0.1) is 0 Å². The maximum atomic E-state index is 12.5. The van der Waals surface area contributed by atoms with Crippen molar-refractivity contribution in [2.24, 2.45) is 17.1 Å². The summed E-state index contributed by atoms with van der Waals surface area (Å²) in [6.07, 6.45) is 3.09. The van der Waals surface area contributed by atoms with Gasteiger partial charge >= 0.3 is 0 Å². The zero-order valence-electron chi connectivity index (χ0n) is 12.0. The Hall–Kier alpha value is -0.570. The molecule has 1 aliphatic rings. The number of carbonyl (C=O) groups is 1. The highest BCUT2D eigenvalue weighted by Gasteiger charge is 2.38. The van der Waals surface area contributed by atoms with Crippen LogP contribution in [0.5, 0.6) is 0 Å². The van der Waals surface area contributed by atoms with E-state index in [-0.39, 0.29) is 22.8 Å². The van der Waals surface area contributed by atoms with Crippen LogP contribution in [0.4, 0.5) is 0 Å². The Kier molecular flexibility index (Phi) is 4.23. The van der Waals surface area contributed by atoms with E-state index in [2.05, 4.69) is 34.6 Å². The zero-order valence-corrected chi connectivity index (χ0v) is 12.0. The fraction of sp³-hybridized carbons (Fsp3) is 0.929. The molecule has 1 saturated heterocycles. The smallest absolute Gasteiger partial charge is 0.227 e. The third-order valence-corrected chi connectivity index (χ3v) is 3.66. The summed E-state index contributed by atoms with van der Waals surface area (Å²) in [5.41, 5.74) is 5.96. The third-order valence-electron chi connectivity index (χ3n) is 3.66. The molecule has 1 atom stereocenters. The molecule has 1 fully saturated rings. The summed E-state index contributed by atoms with van der Waals surface area (Å²) in [5.74, 6) is 0.234. The summed E-state index contributed by atoms with van der Waals surface area (Å²) in [6.45, 7) is 12.2. The van der Waals surface area contributed by atoms with Gasteiger partial charge in [-0.1, -0.05) is 20.8 Å². The number of carbonyl (C=O) groups excluding carboxylic acids is 1. The molecule has 1 amide bonds. The highest BCUT2D eigenvalue weighted by atomic mass is 16.2. The van der Waals surface area contributed by atoms with Crippen molar-refractivity contribution in [1.29, 1.82) is 0 Å². The molecule has 0 bridgehead atoms. The van der Waals surface area contributed by atoms with E-state index in [0.717, 1.165) is 25.8 Å². The standard InChI is InChI=1S/C14H28N2O/c1-13(2,3)9-11(10-15)12(17)16-8-6-7-14(16,4)5/h11H,6-10,15H2,1-5H3. The summed E-state index contributed by atoms with van der Waals surface area (Å²) in [7, 11) is 0. The van der Waals surface area contributed by atoms with Gasteiger partial charge in [-0.25, -0.2) is 0 Å². The van der Waals surface area contributed by atoms with Crippen LogP contribution in [0.2, 0.25) is 0 Å². The summed E-state index contributed by atoms with van der Waals surface area (Å²) in [4.78, 5) is 14.6. The van der Waals surface area contributed by atoms with Gasteiger partial charge in [0.1, 0.15) is 0 Å². The molecule has 0 spiro atoms. The molecular formula is C14H28N2O. The number of nitrogens with zero attached hydrogens (tertiary/aromatic N) is 1. The van der Waals surface area contributed by atoms with Crippen LogP contribution < -0.4 is 5.73 Å². The van der Waals surface area contributed by atoms with Crippen molar-refractivity contribution >= 4 is 5.91 Å². The second kappa shape index (κ2) is 4.97. The Balaban J connectivity index is 2.73. The monoisotopic (exact) mass is 240 g/mol. The summed E-state index contributed by atoms with van der Waals surface area (Å²) in [6, 6.07) is 0. The molecule has 100 valence electrons. The first kappa shape index (κ1) is 14.5. The van der Waals surface area contributed by atoms with Crippen LogP contribution in [0, 0.1) is 11.3 Å². The van der Waals surface area contributed by atoms with Crippen LogP contribution in [0.1, 0.15) is 53.9 Å². The van der Waals surface area contributed by atoms with Crippen LogP contribution in [0.3, 0.4) is 0 Å². The number of rotatable bonds is 3. The van der Waals surface area contributed by atoms with E-state index in [1.165, 1.54) is 0 Å². The van der Waals surface area contributed by atoms with E-state index < -0.39 is 0 Å². The van der Waals surface area contributed by atoms with Gasteiger partial charge in [0.25, 0.3) is 0 Å². The number of hydrogen-bond acceptors (Lipinski definition) is 2. The van der Waals surface area contributed by atoms with Gasteiger partial charge in [0.2, 0.25) is 5.91 Å². The Morgan fingerprint density at radius 3 is 2.35 bits per heavy atom. The van der Waals surface area contributed by atoms with Crippen molar-refractivity contribution in [2.75, 3.05) is 13.1 Å². The lowest BCUT2D eigenvalue weighted by Crippen LogP contribution is -2.47. The lowest BCUT2D eigenvalue weighted by Gasteiger charge is -2.36. The Bertz CT molecular complexity index is 278. The van der Waals surface area contributed by atoms with Gasteiger partial charge in [0.15, 0.2) is 0 Å². The van der Waals surface area contributed by atoms with Crippen LogP contribution >= 0.6 is 0 Å². The minimum atomic E-state index is -0.0209. The number of nitrogens with two attached hydrogens (primary N) is 1. The van der Waals surface area contributed by atoms with E-state index in [0.29, 0.717) is 6.54 Å². The van der Waals surface area contributed by atoms with Crippen molar-refractivity contribution in [3.8, 4) is 0 Å². The number of likely N-dealkylation sites (tertiary alicyclic amines) is 1. The highest BCUT2D eigenvalue weighted by molar-refractivity contribution is 5.80. The largest absolute Gasteiger partial charge is 0.337 e. The zero-order chi connectivity index (χ0) is 13.3. The molecule has 1 heterocycles. The molecule has 3 heteroatoms. The van der Waals surface area contributed by atoms with Crippen molar-refractivity contribution in [1.82, 2.24) is 4.90 Å². The molecule has 1 aliphatic heterocycles. The molecule has 0 radical (unpaired) electrons. The first-order valence-corrected chi connectivity index (χ1v) is 6.69. The Labute approximate surface area is 106 Å². The Morgan fingerprint density at radius 2 is 2.00 bits per heavy atom. The van der Waals surface area contributed by atoms with Crippen LogP contribution in [-0.2, 0) is 4.79 Å². The molecule has 0 saturated carbocycles. The van der Waals surface area contributed by atoms with Crippen molar-refractivity contribution in [2.45, 2.75) is 59.4 Å². The predicted molar refractivity (Wildman–Crippen MR) is 71.6 cm³/mol. The first-order chi connectivity index (χ1) is 7.67. The molecule has 1 rings (SSSR count). The van der Waals surface area contributed by atoms with Gasteiger partial charge in [0.05, 0.1) is 5.92 Å². The van der Waals surface area contributed by atoms with E-state index in [4.69, 9.17) is 5.73 Å². The quantitative estimate of drug-likeness (QED) is 0.823. The second-order valence-corrected chi connectivity index (χ2v) is 7.10. The number of amides is 1. The summed E-state index contributed by atoms with van der Waals surface area (Å²) < 4.78 is 0. The highest BCUT2D eigenvalue weighted by Crippen LogP contribution is 2.32. The van der Waals surface area contributed by atoms with E-state index in [9.17, 15) is 4.79 Å². The second-order valence-electron chi connectivity index (χ2n) is 7.10. The van der Waals surface area contributed by atoms with Gasteiger partial charge in [0, 0.05) is 18.6 Å². The molecule has 2 N–H and O–H groups in total. The molecule has 1 unspecified atom stereocenters. The lowest BCUT2D eigenvalue weighted by molar-refractivity contribution is -0.139. The van der Waals surface area contributed by atoms with Gasteiger partial charge in [-0.2, -0.15) is 0 Å². The van der Waals surface area contributed by atoms with Crippen molar-refractivity contribution < 1.29 is 4.79 Å². The Morgan fingerprint density at radius 1 is 1.41 bits per heavy atom. The lowest BCUT2D eigenvalue weighted by atomic mass is 9.83. The SMILES string of the molecule is CC(C)(C)CC(CN)C(=O)N1CCCC1(C)C. The molecular weight excluding hydrogens is 212 g/mol. The molecule has 3 nitrogen and oxygen atoms in total. The summed E-state index contributed by atoms with van der Waals surface area (Å²) in [5, 5.41) is 0. The third kappa shape index (κ3) is 3.70. The molecule has 0 aromatic rings. The molecule has 0 aromatic carbocycles. The topological polar surface area (TPSA) is 46.3 Å². The van der Waals surface area contributed by atoms with Gasteiger partial charge in [-0.05, 0) is 38.5 Å². The van der Waals surface area contributed by atoms with Crippen LogP contribution in [-0.4, -0.2) is 29.4 Å². The molecule has 0 aliphatic carbocycles. The normalized spacial score (nSPS) is 21.6. The fourth-order valence-electron chi connectivity index (χ4n) is 2.75. The van der Waals surface area contributed by atoms with Crippen molar-refractivity contribution in [3.63, 3.8) is 0 Å². The van der Waals surface area contributed by atoms with Gasteiger partial charge < -0.3 is 10.6 Å². The predicted octanol–water partition coefficient (Wildman–Crippen LogP) is 2.40. The maximum Gasteiger partial charge on any atom is 0.227 e. The molecule has 17 heavy (non-hydrogen) atoms. The minimum Gasteiger partial charge on any atom is -0.337 e. The van der Waals surface area contributed by atoms with Crippen molar-refractivity contribution in [3.05, 3.63) is 0 Å². The van der Waals surface area contributed by atoms with E-state index >= 15 is 0 Å². The minimum absolute atomic E-state index is 0.0163. The first-order valence-electron chi connectivity index (χ1n) is 6.69. The van der Waals surface area contributed by atoms with Crippen LogP contribution in [0.25, 0.3) is 0 Å². The maximum absolute atomic E-state index is 12.5. The van der Waals surface area contributed by atoms with E-state index in [1.807, 2.05) is 4.90 Å².